The van der Waals surface area contributed by atoms with Crippen molar-refractivity contribution >= 4 is 17.0 Å². The van der Waals surface area contributed by atoms with Crippen LogP contribution in [-0.4, -0.2) is 24.4 Å². The average Bonchev–Trinajstić information content (AvgIpc) is 2.35. The van der Waals surface area contributed by atoms with Gasteiger partial charge in [-0.25, -0.2) is 9.78 Å². The Kier molecular flexibility index (Phi) is 2.21. The van der Waals surface area contributed by atoms with Gasteiger partial charge < -0.3 is 9.17 Å². The minimum Gasteiger partial charge on any atom is -0.341 e. The standard InChI is InChI=1S/C4H4N2O4S/c7-4(10-11(8)9)3-5-1-2-6-3/h1-2,11H,(H,5,6). The van der Waals surface area contributed by atoms with Gasteiger partial charge in [-0.3, -0.25) is 0 Å². The summed E-state index contributed by atoms with van der Waals surface area (Å²) < 4.78 is 23.5. The van der Waals surface area contributed by atoms with Crippen molar-refractivity contribution in [3.63, 3.8) is 0 Å². The lowest BCUT2D eigenvalue weighted by molar-refractivity contribution is 0.0743. The van der Waals surface area contributed by atoms with Crippen LogP contribution in [0.15, 0.2) is 12.4 Å². The molecule has 0 aliphatic carbocycles. The summed E-state index contributed by atoms with van der Waals surface area (Å²) in [7, 11) is -3.15. The highest BCUT2D eigenvalue weighted by molar-refractivity contribution is 7.67. The minimum absolute atomic E-state index is 0.135. The summed E-state index contributed by atoms with van der Waals surface area (Å²) in [6.07, 6.45) is 2.70. The normalized spacial score (nSPS) is 9.91. The molecule has 0 saturated heterocycles. The molecule has 0 amide bonds. The molecule has 6 nitrogen and oxygen atoms in total. The van der Waals surface area contributed by atoms with Gasteiger partial charge in [-0.05, 0) is 0 Å². The van der Waals surface area contributed by atoms with E-state index in [0.29, 0.717) is 0 Å². The zero-order valence-corrected chi connectivity index (χ0v) is 6.08. The Bertz CT molecular complexity index is 307. The van der Waals surface area contributed by atoms with E-state index < -0.39 is 17.0 Å². The van der Waals surface area contributed by atoms with Crippen molar-refractivity contribution in [3.8, 4) is 0 Å². The van der Waals surface area contributed by atoms with E-state index in [1.165, 1.54) is 12.4 Å². The molecule has 0 bridgehead atoms. The van der Waals surface area contributed by atoms with Crippen molar-refractivity contribution in [1.82, 2.24) is 9.97 Å². The van der Waals surface area contributed by atoms with E-state index in [-0.39, 0.29) is 5.82 Å². The van der Waals surface area contributed by atoms with E-state index in [0.717, 1.165) is 0 Å². The molecule has 0 saturated carbocycles. The highest BCUT2D eigenvalue weighted by Gasteiger charge is 2.09. The highest BCUT2D eigenvalue weighted by atomic mass is 32.2. The maximum absolute atomic E-state index is 10.6. The van der Waals surface area contributed by atoms with Gasteiger partial charge in [0, 0.05) is 12.4 Å². The third-order valence-corrected chi connectivity index (χ3v) is 1.16. The Hall–Kier alpha value is -1.37. The SMILES string of the molecule is O=C(O[SH](=O)=O)c1ncc[nH]1. The number of imidazole rings is 1. The number of nitrogens with zero attached hydrogens (tertiary/aromatic N) is 1. The molecule has 0 fully saturated rings. The van der Waals surface area contributed by atoms with Crippen LogP contribution >= 0.6 is 0 Å². The largest absolute Gasteiger partial charge is 0.389 e. The molecule has 60 valence electrons. The van der Waals surface area contributed by atoms with Crippen LogP contribution in [0.1, 0.15) is 10.6 Å². The Morgan fingerprint density at radius 1 is 1.64 bits per heavy atom. The number of hydrogen-bond donors (Lipinski definition) is 2. The first-order chi connectivity index (χ1) is 5.20. The number of aromatic amines is 1. The lowest BCUT2D eigenvalue weighted by Gasteiger charge is -1.89. The average molecular weight is 176 g/mol. The fraction of sp³-hybridized carbons (Fsp3) is 0. The monoisotopic (exact) mass is 176 g/mol. The molecule has 0 aliphatic rings. The van der Waals surface area contributed by atoms with Crippen molar-refractivity contribution in [2.24, 2.45) is 0 Å². The molecule has 0 spiro atoms. The molecule has 0 aliphatic heterocycles. The van der Waals surface area contributed by atoms with Gasteiger partial charge in [-0.1, -0.05) is 0 Å². The predicted octanol–water partition coefficient (Wildman–Crippen LogP) is -0.907. The second-order valence-corrected chi connectivity index (χ2v) is 2.17. The Balaban J connectivity index is 2.71. The van der Waals surface area contributed by atoms with Gasteiger partial charge in [-0.2, -0.15) is 8.42 Å². The predicted molar refractivity (Wildman–Crippen MR) is 34.3 cm³/mol. The molecular formula is C4H4N2O4S. The van der Waals surface area contributed by atoms with Crippen LogP contribution in [0.2, 0.25) is 0 Å². The number of nitrogens with one attached hydrogen (secondary N) is 1. The number of H-pyrrole nitrogens is 1. The highest BCUT2D eigenvalue weighted by Crippen LogP contribution is 1.91. The van der Waals surface area contributed by atoms with Crippen LogP contribution in [-0.2, 0) is 15.2 Å². The van der Waals surface area contributed by atoms with E-state index in [4.69, 9.17) is 0 Å². The summed E-state index contributed by atoms with van der Waals surface area (Å²) in [6, 6.07) is 0. The fourth-order valence-corrected chi connectivity index (χ4v) is 0.710. The topological polar surface area (TPSA) is 89.1 Å². The minimum atomic E-state index is -3.15. The number of carbonyl (C=O) groups excluding carboxylic acids is 1. The molecule has 1 aromatic rings. The van der Waals surface area contributed by atoms with E-state index in [1.54, 1.807) is 0 Å². The lowest BCUT2D eigenvalue weighted by atomic mass is 10.6. The van der Waals surface area contributed by atoms with E-state index in [2.05, 4.69) is 14.2 Å². The van der Waals surface area contributed by atoms with Gasteiger partial charge >= 0.3 is 17.0 Å². The molecular weight excluding hydrogens is 172 g/mol. The van der Waals surface area contributed by atoms with Crippen molar-refractivity contribution in [2.75, 3.05) is 0 Å². The second-order valence-electron chi connectivity index (χ2n) is 1.54. The summed E-state index contributed by atoms with van der Waals surface area (Å²) >= 11 is 0. The molecule has 0 aromatic carbocycles. The lowest BCUT2D eigenvalue weighted by Crippen LogP contribution is -2.05. The van der Waals surface area contributed by atoms with E-state index in [1.807, 2.05) is 0 Å². The van der Waals surface area contributed by atoms with Crippen LogP contribution in [0.25, 0.3) is 0 Å². The first kappa shape index (κ1) is 7.73. The molecule has 1 aromatic heterocycles. The zero-order chi connectivity index (χ0) is 8.27. The number of hydrogen-bond acceptors (Lipinski definition) is 5. The van der Waals surface area contributed by atoms with E-state index >= 15 is 0 Å². The summed E-state index contributed by atoms with van der Waals surface area (Å²) in [5, 5.41) is 0. The van der Waals surface area contributed by atoms with Gasteiger partial charge in [0.1, 0.15) is 0 Å². The van der Waals surface area contributed by atoms with Gasteiger partial charge in [0.05, 0.1) is 0 Å². The molecule has 1 N–H and O–H groups in total. The molecule has 0 radical (unpaired) electrons. The van der Waals surface area contributed by atoms with Gasteiger partial charge in [0.15, 0.2) is 0 Å². The third-order valence-electron chi connectivity index (χ3n) is 0.849. The first-order valence-electron chi connectivity index (χ1n) is 2.56. The molecule has 0 atom stereocenters. The summed E-state index contributed by atoms with van der Waals surface area (Å²) in [5.41, 5.74) is 0. The van der Waals surface area contributed by atoms with Gasteiger partial charge in [0.2, 0.25) is 5.82 Å². The van der Waals surface area contributed by atoms with Crippen LogP contribution in [0.4, 0.5) is 0 Å². The van der Waals surface area contributed by atoms with Gasteiger partial charge in [-0.15, -0.1) is 0 Å². The van der Waals surface area contributed by atoms with Crippen molar-refractivity contribution in [2.45, 2.75) is 0 Å². The van der Waals surface area contributed by atoms with Crippen LogP contribution in [0.5, 0.6) is 0 Å². The Morgan fingerprint density at radius 3 is 2.82 bits per heavy atom. The van der Waals surface area contributed by atoms with Crippen LogP contribution < -0.4 is 0 Å². The number of aromatic nitrogens is 2. The smallest absolute Gasteiger partial charge is 0.341 e. The molecule has 1 heterocycles. The van der Waals surface area contributed by atoms with E-state index in [9.17, 15) is 13.2 Å². The molecule has 0 unspecified atom stereocenters. The van der Waals surface area contributed by atoms with Crippen molar-refractivity contribution in [3.05, 3.63) is 18.2 Å². The summed E-state index contributed by atoms with van der Waals surface area (Å²) in [6.45, 7) is 0. The van der Waals surface area contributed by atoms with Crippen molar-refractivity contribution < 1.29 is 17.4 Å². The van der Waals surface area contributed by atoms with Crippen LogP contribution in [0.3, 0.4) is 0 Å². The fourth-order valence-electron chi connectivity index (χ4n) is 0.488. The maximum Gasteiger partial charge on any atom is 0.389 e. The maximum atomic E-state index is 10.6. The summed E-state index contributed by atoms with van der Waals surface area (Å²) in [5.74, 6) is -1.14. The molecule has 7 heteroatoms. The number of carbonyl (C=O) groups is 1. The van der Waals surface area contributed by atoms with Crippen LogP contribution in [0, 0.1) is 0 Å². The quantitative estimate of drug-likeness (QED) is 0.569. The van der Waals surface area contributed by atoms with Crippen molar-refractivity contribution in [1.29, 1.82) is 0 Å². The molecule has 11 heavy (non-hydrogen) atoms. The third kappa shape index (κ3) is 2.04. The molecule has 1 rings (SSSR count). The second kappa shape index (κ2) is 3.15. The summed E-state index contributed by atoms with van der Waals surface area (Å²) in [4.78, 5) is 16.5. The number of rotatable bonds is 2. The first-order valence-corrected chi connectivity index (χ1v) is 3.66. The Labute approximate surface area is 63.4 Å². The number of thiol groups is 1. The zero-order valence-electron chi connectivity index (χ0n) is 5.18. The Morgan fingerprint density at radius 2 is 2.36 bits per heavy atom. The van der Waals surface area contributed by atoms with Gasteiger partial charge in [0.25, 0.3) is 0 Å².